The van der Waals surface area contributed by atoms with Crippen molar-refractivity contribution in [3.8, 4) is 17.2 Å². The van der Waals surface area contributed by atoms with Gasteiger partial charge in [-0.05, 0) is 57.2 Å². The molecule has 1 aliphatic heterocycles. The molecule has 2 amide bonds. The van der Waals surface area contributed by atoms with Crippen molar-refractivity contribution < 1.29 is 45.1 Å². The minimum absolute atomic E-state index is 0.136. The number of amides is 2. The number of hydrogen-bond acceptors (Lipinski definition) is 8. The van der Waals surface area contributed by atoms with E-state index in [2.05, 4.69) is 20.2 Å². The standard InChI is InChI=1S/C30H29ClF7N9O4/c1-28(2,3)51-27(50)44-12-18(32)11-20(44)25(48)41-21(30(36,37)38)13-45-23(16-6-8-17(31)9-7-16)43-46(26(45)49)14-22-40-15-47(42-22)24-19(29(33,34)35)5-4-10-39-24/h4-10,15,18,20-21H,11-14H2,1-3H3,(H,41,48)/t18-,20-,21-/m0/s1. The largest absolute Gasteiger partial charge is 0.444 e. The Morgan fingerprint density at radius 2 is 1.73 bits per heavy atom. The normalized spacial score (nSPS) is 17.4. The molecule has 13 nitrogen and oxygen atoms in total. The van der Waals surface area contributed by atoms with Crippen LogP contribution in [0.4, 0.5) is 35.5 Å². The lowest BCUT2D eigenvalue weighted by Gasteiger charge is -2.29. The van der Waals surface area contributed by atoms with E-state index in [1.54, 1.807) is 5.32 Å². The molecule has 1 aliphatic rings. The van der Waals surface area contributed by atoms with Crippen LogP contribution in [0.3, 0.4) is 0 Å². The second-order valence-electron chi connectivity index (χ2n) is 12.4. The topological polar surface area (TPSA) is 142 Å². The van der Waals surface area contributed by atoms with Crippen LogP contribution in [-0.4, -0.2) is 87.6 Å². The third-order valence-electron chi connectivity index (χ3n) is 7.42. The Balaban J connectivity index is 1.46. The summed E-state index contributed by atoms with van der Waals surface area (Å²) in [4.78, 5) is 47.8. The van der Waals surface area contributed by atoms with Gasteiger partial charge in [-0.15, -0.1) is 10.2 Å². The van der Waals surface area contributed by atoms with Crippen LogP contribution < -0.4 is 11.0 Å². The molecule has 0 saturated carbocycles. The lowest BCUT2D eigenvalue weighted by molar-refractivity contribution is -0.165. The molecular weight excluding hydrogens is 719 g/mol. The van der Waals surface area contributed by atoms with Crippen LogP contribution >= 0.6 is 11.6 Å². The minimum Gasteiger partial charge on any atom is -0.444 e. The van der Waals surface area contributed by atoms with Crippen molar-refractivity contribution in [3.63, 3.8) is 0 Å². The number of halogens is 8. The molecule has 0 radical (unpaired) electrons. The highest BCUT2D eigenvalue weighted by molar-refractivity contribution is 6.30. The van der Waals surface area contributed by atoms with Gasteiger partial charge in [-0.1, -0.05) is 11.6 Å². The van der Waals surface area contributed by atoms with Gasteiger partial charge in [-0.25, -0.2) is 33.3 Å². The van der Waals surface area contributed by atoms with Gasteiger partial charge in [0.25, 0.3) is 0 Å². The molecule has 0 bridgehead atoms. The Bertz CT molecular complexity index is 1950. The van der Waals surface area contributed by atoms with Crippen molar-refractivity contribution in [1.29, 1.82) is 0 Å². The molecule has 0 spiro atoms. The van der Waals surface area contributed by atoms with Gasteiger partial charge in [-0.2, -0.15) is 26.3 Å². The number of benzene rings is 1. The molecule has 21 heteroatoms. The number of pyridine rings is 1. The van der Waals surface area contributed by atoms with E-state index in [9.17, 15) is 45.1 Å². The zero-order chi connectivity index (χ0) is 37.5. The van der Waals surface area contributed by atoms with Crippen LogP contribution in [0.15, 0.2) is 53.7 Å². The second-order valence-corrected chi connectivity index (χ2v) is 12.9. The van der Waals surface area contributed by atoms with E-state index in [0.29, 0.717) is 14.1 Å². The Kier molecular flexibility index (Phi) is 10.2. The fourth-order valence-corrected chi connectivity index (χ4v) is 5.29. The van der Waals surface area contributed by atoms with Gasteiger partial charge in [0, 0.05) is 23.2 Å². The van der Waals surface area contributed by atoms with Gasteiger partial charge in [0.15, 0.2) is 17.5 Å². The van der Waals surface area contributed by atoms with E-state index in [4.69, 9.17) is 16.3 Å². The molecule has 3 aromatic heterocycles. The number of hydrogen-bond donors (Lipinski definition) is 1. The first-order chi connectivity index (χ1) is 23.7. The molecule has 0 unspecified atom stereocenters. The first-order valence-corrected chi connectivity index (χ1v) is 15.5. The molecule has 51 heavy (non-hydrogen) atoms. The second kappa shape index (κ2) is 14.0. The van der Waals surface area contributed by atoms with Crippen molar-refractivity contribution in [2.45, 2.75) is 76.5 Å². The number of ether oxygens (including phenoxy) is 1. The lowest BCUT2D eigenvalue weighted by Crippen LogP contribution is -2.55. The van der Waals surface area contributed by atoms with Crippen LogP contribution in [0.5, 0.6) is 0 Å². The fourth-order valence-electron chi connectivity index (χ4n) is 5.16. The van der Waals surface area contributed by atoms with Gasteiger partial charge < -0.3 is 10.1 Å². The Hall–Kier alpha value is -5.01. The van der Waals surface area contributed by atoms with Crippen molar-refractivity contribution in [3.05, 3.63) is 75.8 Å². The number of carbonyl (C=O) groups excluding carboxylic acids is 2. The van der Waals surface area contributed by atoms with Crippen molar-refractivity contribution >= 4 is 23.6 Å². The fraction of sp³-hybridized carbons (Fsp3) is 0.433. The van der Waals surface area contributed by atoms with E-state index >= 15 is 0 Å². The van der Waals surface area contributed by atoms with Crippen LogP contribution in [0.1, 0.15) is 38.6 Å². The number of rotatable bonds is 8. The summed E-state index contributed by atoms with van der Waals surface area (Å²) in [5.74, 6) is -2.49. The van der Waals surface area contributed by atoms with E-state index in [1.807, 2.05) is 0 Å². The predicted molar refractivity (Wildman–Crippen MR) is 164 cm³/mol. The number of nitrogens with zero attached hydrogens (tertiary/aromatic N) is 8. The summed E-state index contributed by atoms with van der Waals surface area (Å²) in [5.41, 5.74) is -3.16. The summed E-state index contributed by atoms with van der Waals surface area (Å²) in [6, 6.07) is 2.99. The average Bonchev–Trinajstić information content (AvgIpc) is 3.74. The molecule has 1 aromatic carbocycles. The van der Waals surface area contributed by atoms with E-state index < -0.39 is 91.3 Å². The molecule has 1 saturated heterocycles. The lowest BCUT2D eigenvalue weighted by atomic mass is 10.1. The highest BCUT2D eigenvalue weighted by Crippen LogP contribution is 2.32. The molecule has 1 fully saturated rings. The third-order valence-corrected chi connectivity index (χ3v) is 7.67. The summed E-state index contributed by atoms with van der Waals surface area (Å²) in [7, 11) is 0. The SMILES string of the molecule is CC(C)(C)OC(=O)N1C[C@@H](F)C[C@H]1C(=O)N[C@@H](Cn1c(-c2ccc(Cl)cc2)nn(Cc2ncn(-c3ncccc3C(F)(F)F)n2)c1=O)C(F)(F)F. The maximum Gasteiger partial charge on any atom is 0.420 e. The van der Waals surface area contributed by atoms with Gasteiger partial charge in [0.2, 0.25) is 5.91 Å². The molecule has 274 valence electrons. The first kappa shape index (κ1) is 37.3. The van der Waals surface area contributed by atoms with Crippen LogP contribution in [0.25, 0.3) is 17.2 Å². The molecule has 4 aromatic rings. The molecule has 1 N–H and O–H groups in total. The predicted octanol–water partition coefficient (Wildman–Crippen LogP) is 4.80. The average molecular weight is 748 g/mol. The molecule has 5 rings (SSSR count). The Labute approximate surface area is 289 Å². The smallest absolute Gasteiger partial charge is 0.420 e. The van der Waals surface area contributed by atoms with E-state index in [-0.39, 0.29) is 22.2 Å². The molecule has 4 heterocycles. The molecule has 0 aliphatic carbocycles. The van der Waals surface area contributed by atoms with Gasteiger partial charge in [-0.3, -0.25) is 14.3 Å². The highest BCUT2D eigenvalue weighted by Gasteiger charge is 2.47. The number of aromatic nitrogens is 7. The summed E-state index contributed by atoms with van der Waals surface area (Å²) in [6.45, 7) is 2.15. The van der Waals surface area contributed by atoms with Crippen molar-refractivity contribution in [2.24, 2.45) is 0 Å². The van der Waals surface area contributed by atoms with Gasteiger partial charge >= 0.3 is 24.1 Å². The molecular formula is C30H29ClF7N9O4. The number of carbonyl (C=O) groups is 2. The first-order valence-electron chi connectivity index (χ1n) is 15.1. The van der Waals surface area contributed by atoms with Crippen LogP contribution in [-0.2, 0) is 28.8 Å². The molecule has 3 atom stereocenters. The maximum atomic E-state index is 14.5. The zero-order valence-electron chi connectivity index (χ0n) is 26.9. The van der Waals surface area contributed by atoms with Crippen molar-refractivity contribution in [2.75, 3.05) is 6.54 Å². The van der Waals surface area contributed by atoms with Gasteiger partial charge in [0.05, 0.1) is 13.1 Å². The maximum absolute atomic E-state index is 14.5. The summed E-state index contributed by atoms with van der Waals surface area (Å²) in [5, 5.41) is 10.2. The van der Waals surface area contributed by atoms with Gasteiger partial charge in [0.1, 0.15) is 42.3 Å². The Morgan fingerprint density at radius 3 is 2.35 bits per heavy atom. The van der Waals surface area contributed by atoms with Crippen LogP contribution in [0, 0.1) is 0 Å². The van der Waals surface area contributed by atoms with Crippen LogP contribution in [0.2, 0.25) is 5.02 Å². The third kappa shape index (κ3) is 8.66. The number of nitrogens with one attached hydrogen (secondary N) is 1. The zero-order valence-corrected chi connectivity index (χ0v) is 27.7. The van der Waals surface area contributed by atoms with E-state index in [0.717, 1.165) is 29.3 Å². The highest BCUT2D eigenvalue weighted by atomic mass is 35.5. The summed E-state index contributed by atoms with van der Waals surface area (Å²) < 4.78 is 106. The summed E-state index contributed by atoms with van der Waals surface area (Å²) in [6.07, 6.45) is -11.3. The van der Waals surface area contributed by atoms with E-state index in [1.165, 1.54) is 45.0 Å². The monoisotopic (exact) mass is 747 g/mol. The number of likely N-dealkylation sites (tertiary alicyclic amines) is 1. The quantitative estimate of drug-likeness (QED) is 0.254. The minimum atomic E-state index is -5.17. The summed E-state index contributed by atoms with van der Waals surface area (Å²) >= 11 is 5.97. The van der Waals surface area contributed by atoms with Crippen molar-refractivity contribution in [1.82, 2.24) is 44.3 Å². The number of alkyl halides is 7. The Morgan fingerprint density at radius 1 is 1.04 bits per heavy atom.